The summed E-state index contributed by atoms with van der Waals surface area (Å²) in [4.78, 5) is 0. The van der Waals surface area contributed by atoms with Crippen molar-refractivity contribution in [2.45, 2.75) is 33.2 Å². The number of likely N-dealkylation sites (N-methyl/N-ethyl adjacent to an activating group) is 1. The van der Waals surface area contributed by atoms with Gasteiger partial charge >= 0.3 is 0 Å². The molecule has 1 heterocycles. The summed E-state index contributed by atoms with van der Waals surface area (Å²) in [6, 6.07) is 10.4. The maximum Gasteiger partial charge on any atom is 0.105 e. The predicted molar refractivity (Wildman–Crippen MR) is 79.8 cm³/mol. The highest BCUT2D eigenvalue weighted by atomic mass is 35.5. The Morgan fingerprint density at radius 1 is 1.21 bits per heavy atom. The zero-order valence-corrected chi connectivity index (χ0v) is 12.4. The summed E-state index contributed by atoms with van der Waals surface area (Å²) >= 11 is 5.92. The third-order valence-electron chi connectivity index (χ3n) is 3.26. The number of rotatable bonds is 5. The molecule has 0 spiro atoms. The van der Waals surface area contributed by atoms with Crippen LogP contribution in [0, 0.1) is 13.8 Å². The van der Waals surface area contributed by atoms with Crippen molar-refractivity contribution in [1.82, 2.24) is 5.32 Å². The standard InChI is InChI=1S/C16H20ClNO/c1-4-18-16(15-9-11(2)19-12(15)3)10-13-5-7-14(17)8-6-13/h5-9,16,18H,4,10H2,1-3H3. The molecule has 0 aliphatic heterocycles. The van der Waals surface area contributed by atoms with Crippen molar-refractivity contribution >= 4 is 11.6 Å². The van der Waals surface area contributed by atoms with E-state index in [0.29, 0.717) is 0 Å². The van der Waals surface area contributed by atoms with Crippen molar-refractivity contribution in [1.29, 1.82) is 0 Å². The lowest BCUT2D eigenvalue weighted by atomic mass is 9.99. The van der Waals surface area contributed by atoms with Crippen molar-refractivity contribution in [2.24, 2.45) is 0 Å². The van der Waals surface area contributed by atoms with Crippen LogP contribution in [0.4, 0.5) is 0 Å². The maximum atomic E-state index is 5.92. The first kappa shape index (κ1) is 14.2. The number of benzene rings is 1. The van der Waals surface area contributed by atoms with Crippen LogP contribution < -0.4 is 5.32 Å². The Hall–Kier alpha value is -1.25. The summed E-state index contributed by atoms with van der Waals surface area (Å²) in [6.45, 7) is 7.06. The Morgan fingerprint density at radius 3 is 2.42 bits per heavy atom. The van der Waals surface area contributed by atoms with Crippen LogP contribution in [0.3, 0.4) is 0 Å². The van der Waals surface area contributed by atoms with Gasteiger partial charge in [-0.15, -0.1) is 0 Å². The molecule has 1 unspecified atom stereocenters. The molecule has 0 fully saturated rings. The van der Waals surface area contributed by atoms with Gasteiger partial charge in [0, 0.05) is 16.6 Å². The molecule has 0 aliphatic rings. The highest BCUT2D eigenvalue weighted by molar-refractivity contribution is 6.30. The molecule has 0 aliphatic carbocycles. The van der Waals surface area contributed by atoms with Crippen LogP contribution in [-0.2, 0) is 6.42 Å². The van der Waals surface area contributed by atoms with E-state index in [9.17, 15) is 0 Å². The quantitative estimate of drug-likeness (QED) is 0.874. The van der Waals surface area contributed by atoms with Crippen LogP contribution in [-0.4, -0.2) is 6.54 Å². The molecule has 0 bridgehead atoms. The number of nitrogens with one attached hydrogen (secondary N) is 1. The monoisotopic (exact) mass is 277 g/mol. The summed E-state index contributed by atoms with van der Waals surface area (Å²) in [7, 11) is 0. The van der Waals surface area contributed by atoms with E-state index in [2.05, 4.69) is 30.4 Å². The van der Waals surface area contributed by atoms with Crippen LogP contribution in [0.1, 0.15) is 35.6 Å². The molecule has 1 aromatic carbocycles. The van der Waals surface area contributed by atoms with Gasteiger partial charge in [0.15, 0.2) is 0 Å². The largest absolute Gasteiger partial charge is 0.466 e. The number of furan rings is 1. The fraction of sp³-hybridized carbons (Fsp3) is 0.375. The van der Waals surface area contributed by atoms with Gasteiger partial charge in [-0.05, 0) is 50.6 Å². The molecular weight excluding hydrogens is 258 g/mol. The molecule has 19 heavy (non-hydrogen) atoms. The number of aryl methyl sites for hydroxylation is 2. The van der Waals surface area contributed by atoms with Gasteiger partial charge in [-0.3, -0.25) is 0 Å². The Morgan fingerprint density at radius 2 is 1.89 bits per heavy atom. The lowest BCUT2D eigenvalue weighted by molar-refractivity contribution is 0.484. The number of hydrogen-bond donors (Lipinski definition) is 1. The second-order valence-electron chi connectivity index (χ2n) is 4.81. The summed E-state index contributed by atoms with van der Waals surface area (Å²) < 4.78 is 5.64. The highest BCUT2D eigenvalue weighted by Crippen LogP contribution is 2.25. The number of hydrogen-bond acceptors (Lipinski definition) is 2. The van der Waals surface area contributed by atoms with E-state index in [1.807, 2.05) is 26.0 Å². The summed E-state index contributed by atoms with van der Waals surface area (Å²) in [5, 5.41) is 4.30. The van der Waals surface area contributed by atoms with Crippen LogP contribution >= 0.6 is 11.6 Å². The van der Waals surface area contributed by atoms with Gasteiger partial charge in [-0.1, -0.05) is 30.7 Å². The molecule has 1 N–H and O–H groups in total. The zero-order chi connectivity index (χ0) is 13.8. The molecule has 1 aromatic heterocycles. The molecule has 1 atom stereocenters. The molecule has 0 amide bonds. The summed E-state index contributed by atoms with van der Waals surface area (Å²) in [5.74, 6) is 1.96. The second-order valence-corrected chi connectivity index (χ2v) is 5.25. The van der Waals surface area contributed by atoms with Crippen molar-refractivity contribution in [2.75, 3.05) is 6.54 Å². The average Bonchev–Trinajstić information content (AvgIpc) is 2.71. The Bertz CT molecular complexity index is 530. The molecule has 0 radical (unpaired) electrons. The van der Waals surface area contributed by atoms with Crippen LogP contribution in [0.2, 0.25) is 5.02 Å². The first-order valence-electron chi connectivity index (χ1n) is 6.65. The van der Waals surface area contributed by atoms with Crippen LogP contribution in [0.25, 0.3) is 0 Å². The Balaban J connectivity index is 2.20. The third kappa shape index (κ3) is 3.62. The van der Waals surface area contributed by atoms with Crippen LogP contribution in [0.5, 0.6) is 0 Å². The van der Waals surface area contributed by atoms with Gasteiger partial charge in [0.25, 0.3) is 0 Å². The minimum Gasteiger partial charge on any atom is -0.466 e. The fourth-order valence-electron chi connectivity index (χ4n) is 2.39. The molecule has 2 rings (SSSR count). The molecule has 2 aromatic rings. The Kier molecular flexibility index (Phi) is 4.67. The van der Waals surface area contributed by atoms with E-state index in [4.69, 9.17) is 16.0 Å². The van der Waals surface area contributed by atoms with Gasteiger partial charge in [-0.2, -0.15) is 0 Å². The van der Waals surface area contributed by atoms with Crippen LogP contribution in [0.15, 0.2) is 34.7 Å². The normalized spacial score (nSPS) is 12.6. The van der Waals surface area contributed by atoms with E-state index in [1.165, 1.54) is 11.1 Å². The maximum absolute atomic E-state index is 5.92. The minimum absolute atomic E-state index is 0.281. The summed E-state index contributed by atoms with van der Waals surface area (Å²) in [6.07, 6.45) is 0.935. The lowest BCUT2D eigenvalue weighted by Gasteiger charge is -2.17. The smallest absolute Gasteiger partial charge is 0.105 e. The SMILES string of the molecule is CCNC(Cc1ccc(Cl)cc1)c1cc(C)oc1C. The lowest BCUT2D eigenvalue weighted by Crippen LogP contribution is -2.23. The second kappa shape index (κ2) is 6.27. The molecular formula is C16H20ClNO. The van der Waals surface area contributed by atoms with Gasteiger partial charge in [0.1, 0.15) is 11.5 Å². The highest BCUT2D eigenvalue weighted by Gasteiger charge is 2.16. The van der Waals surface area contributed by atoms with Crippen molar-refractivity contribution in [3.05, 3.63) is 58.0 Å². The minimum atomic E-state index is 0.281. The van der Waals surface area contributed by atoms with E-state index >= 15 is 0 Å². The zero-order valence-electron chi connectivity index (χ0n) is 11.7. The van der Waals surface area contributed by atoms with Gasteiger partial charge in [-0.25, -0.2) is 0 Å². The third-order valence-corrected chi connectivity index (χ3v) is 3.51. The Labute approximate surface area is 119 Å². The van der Waals surface area contributed by atoms with E-state index in [1.54, 1.807) is 0 Å². The van der Waals surface area contributed by atoms with Crippen molar-refractivity contribution in [3.8, 4) is 0 Å². The number of halogens is 1. The van der Waals surface area contributed by atoms with Crippen molar-refractivity contribution in [3.63, 3.8) is 0 Å². The molecule has 0 saturated carbocycles. The van der Waals surface area contributed by atoms with E-state index in [-0.39, 0.29) is 6.04 Å². The molecule has 2 nitrogen and oxygen atoms in total. The molecule has 3 heteroatoms. The first-order valence-corrected chi connectivity index (χ1v) is 7.02. The van der Waals surface area contributed by atoms with Gasteiger partial charge in [0.2, 0.25) is 0 Å². The topological polar surface area (TPSA) is 25.2 Å². The van der Waals surface area contributed by atoms with E-state index in [0.717, 1.165) is 29.5 Å². The summed E-state index contributed by atoms with van der Waals surface area (Å²) in [5.41, 5.74) is 2.52. The average molecular weight is 278 g/mol. The predicted octanol–water partition coefficient (Wildman–Crippen LogP) is 4.44. The molecule has 0 saturated heterocycles. The van der Waals surface area contributed by atoms with Gasteiger partial charge in [0.05, 0.1) is 0 Å². The molecule has 102 valence electrons. The van der Waals surface area contributed by atoms with Gasteiger partial charge < -0.3 is 9.73 Å². The first-order chi connectivity index (χ1) is 9.10. The van der Waals surface area contributed by atoms with Crippen molar-refractivity contribution < 1.29 is 4.42 Å². The fourth-order valence-corrected chi connectivity index (χ4v) is 2.52. The van der Waals surface area contributed by atoms with E-state index < -0.39 is 0 Å².